The Balaban J connectivity index is 2.08. The van der Waals surface area contributed by atoms with E-state index in [2.05, 4.69) is 5.32 Å². The highest BCUT2D eigenvalue weighted by Gasteiger charge is 2.19. The van der Waals surface area contributed by atoms with Gasteiger partial charge in [-0.05, 0) is 12.1 Å². The number of halogens is 1. The number of nitrogens with one attached hydrogen (secondary N) is 1. The SMILES string of the molecule is O=C(Nc1ccc(F)c([N+](=O)[O-])c1)N1CCOCC1. The number of carbonyl (C=O) groups is 1. The molecule has 1 aliphatic heterocycles. The van der Waals surface area contributed by atoms with Crippen molar-refractivity contribution in [2.45, 2.75) is 0 Å². The molecule has 1 saturated heterocycles. The molecule has 1 aromatic carbocycles. The zero-order valence-electron chi connectivity index (χ0n) is 9.97. The van der Waals surface area contributed by atoms with Crippen LogP contribution in [0.1, 0.15) is 0 Å². The normalized spacial score (nSPS) is 15.1. The largest absolute Gasteiger partial charge is 0.378 e. The van der Waals surface area contributed by atoms with Crippen LogP contribution in [0.25, 0.3) is 0 Å². The van der Waals surface area contributed by atoms with E-state index in [-0.39, 0.29) is 11.7 Å². The van der Waals surface area contributed by atoms with Crippen molar-refractivity contribution in [2.24, 2.45) is 0 Å². The zero-order valence-corrected chi connectivity index (χ0v) is 9.97. The van der Waals surface area contributed by atoms with Gasteiger partial charge in [-0.2, -0.15) is 4.39 Å². The number of nitro benzene ring substituents is 1. The van der Waals surface area contributed by atoms with E-state index in [0.29, 0.717) is 26.3 Å². The van der Waals surface area contributed by atoms with Gasteiger partial charge in [-0.3, -0.25) is 10.1 Å². The highest BCUT2D eigenvalue weighted by atomic mass is 19.1. The van der Waals surface area contributed by atoms with Gasteiger partial charge in [0, 0.05) is 24.8 Å². The predicted octanol–water partition coefficient (Wildman–Crippen LogP) is 1.60. The van der Waals surface area contributed by atoms with Crippen molar-refractivity contribution in [3.05, 3.63) is 34.1 Å². The number of morpholine rings is 1. The molecule has 0 atom stereocenters. The maximum atomic E-state index is 13.1. The Morgan fingerprint density at radius 3 is 2.74 bits per heavy atom. The van der Waals surface area contributed by atoms with Crippen molar-refractivity contribution >= 4 is 17.4 Å². The second-order valence-corrected chi connectivity index (χ2v) is 3.95. The number of benzene rings is 1. The molecule has 8 heteroatoms. The van der Waals surface area contributed by atoms with Gasteiger partial charge in [0.1, 0.15) is 0 Å². The predicted molar refractivity (Wildman–Crippen MR) is 64.5 cm³/mol. The second-order valence-electron chi connectivity index (χ2n) is 3.95. The molecule has 7 nitrogen and oxygen atoms in total. The van der Waals surface area contributed by atoms with Crippen molar-refractivity contribution < 1.29 is 18.8 Å². The van der Waals surface area contributed by atoms with Crippen LogP contribution in [-0.4, -0.2) is 42.2 Å². The van der Waals surface area contributed by atoms with E-state index in [0.717, 1.165) is 12.1 Å². The average Bonchev–Trinajstić information content (AvgIpc) is 2.41. The Labute approximate surface area is 108 Å². The number of hydrogen-bond donors (Lipinski definition) is 1. The lowest BCUT2D eigenvalue weighted by Gasteiger charge is -2.26. The lowest BCUT2D eigenvalue weighted by molar-refractivity contribution is -0.387. The fourth-order valence-electron chi connectivity index (χ4n) is 1.70. The third-order valence-corrected chi connectivity index (χ3v) is 2.69. The van der Waals surface area contributed by atoms with Gasteiger partial charge < -0.3 is 15.0 Å². The van der Waals surface area contributed by atoms with Gasteiger partial charge in [0.25, 0.3) is 0 Å². The van der Waals surface area contributed by atoms with E-state index in [1.165, 1.54) is 11.0 Å². The van der Waals surface area contributed by atoms with Crippen molar-refractivity contribution in [3.8, 4) is 0 Å². The first-order valence-corrected chi connectivity index (χ1v) is 5.65. The van der Waals surface area contributed by atoms with Crippen LogP contribution in [0.2, 0.25) is 0 Å². The second kappa shape index (κ2) is 5.61. The van der Waals surface area contributed by atoms with Crippen LogP contribution in [0.3, 0.4) is 0 Å². The first-order valence-electron chi connectivity index (χ1n) is 5.65. The van der Waals surface area contributed by atoms with Crippen LogP contribution in [0.5, 0.6) is 0 Å². The minimum atomic E-state index is -0.936. The van der Waals surface area contributed by atoms with E-state index in [4.69, 9.17) is 4.74 Å². The molecule has 19 heavy (non-hydrogen) atoms. The highest BCUT2D eigenvalue weighted by Crippen LogP contribution is 2.21. The van der Waals surface area contributed by atoms with Crippen molar-refractivity contribution in [1.82, 2.24) is 4.90 Å². The Bertz CT molecular complexity index is 503. The van der Waals surface area contributed by atoms with Crippen molar-refractivity contribution in [3.63, 3.8) is 0 Å². The molecule has 102 valence electrons. The number of nitro groups is 1. The molecule has 0 bridgehead atoms. The van der Waals surface area contributed by atoms with E-state index < -0.39 is 16.4 Å². The fraction of sp³-hybridized carbons (Fsp3) is 0.364. The molecule has 0 spiro atoms. The third-order valence-electron chi connectivity index (χ3n) is 2.69. The summed E-state index contributed by atoms with van der Waals surface area (Å²) in [6, 6.07) is 2.84. The van der Waals surface area contributed by atoms with Crippen LogP contribution in [-0.2, 0) is 4.74 Å². The Hall–Kier alpha value is -2.22. The number of urea groups is 1. The molecule has 1 fully saturated rings. The summed E-state index contributed by atoms with van der Waals surface area (Å²) in [5, 5.41) is 13.1. The summed E-state index contributed by atoms with van der Waals surface area (Å²) >= 11 is 0. The lowest BCUT2D eigenvalue weighted by atomic mass is 10.2. The highest BCUT2D eigenvalue weighted by molar-refractivity contribution is 5.89. The van der Waals surface area contributed by atoms with Gasteiger partial charge in [0.15, 0.2) is 0 Å². The van der Waals surface area contributed by atoms with Gasteiger partial charge in [0.2, 0.25) is 5.82 Å². The molecule has 1 heterocycles. The quantitative estimate of drug-likeness (QED) is 0.652. The third kappa shape index (κ3) is 3.16. The summed E-state index contributed by atoms with van der Waals surface area (Å²) in [6.45, 7) is 1.82. The van der Waals surface area contributed by atoms with Crippen LogP contribution >= 0.6 is 0 Å². The molecule has 2 amide bonds. The standard InChI is InChI=1S/C11H12FN3O4/c12-9-2-1-8(7-10(9)15(17)18)13-11(16)14-3-5-19-6-4-14/h1-2,7H,3-6H2,(H,13,16). The summed E-state index contributed by atoms with van der Waals surface area (Å²) in [4.78, 5) is 23.1. The van der Waals surface area contributed by atoms with Crippen molar-refractivity contribution in [2.75, 3.05) is 31.6 Å². The fourth-order valence-corrected chi connectivity index (χ4v) is 1.70. The van der Waals surface area contributed by atoms with Crippen LogP contribution in [0.4, 0.5) is 20.6 Å². The summed E-state index contributed by atoms with van der Waals surface area (Å²) < 4.78 is 18.2. The summed E-state index contributed by atoms with van der Waals surface area (Å²) in [5.74, 6) is -0.936. The number of amides is 2. The zero-order chi connectivity index (χ0) is 13.8. The minimum absolute atomic E-state index is 0.185. The van der Waals surface area contributed by atoms with Gasteiger partial charge in [0.05, 0.1) is 18.1 Å². The summed E-state index contributed by atoms with van der Waals surface area (Å²) in [6.07, 6.45) is 0. The van der Waals surface area contributed by atoms with Gasteiger partial charge in [-0.15, -0.1) is 0 Å². The Morgan fingerprint density at radius 2 is 2.11 bits per heavy atom. The van der Waals surface area contributed by atoms with Gasteiger partial charge in [-0.1, -0.05) is 0 Å². The number of nitrogens with zero attached hydrogens (tertiary/aromatic N) is 2. The molecule has 0 aromatic heterocycles. The van der Waals surface area contributed by atoms with E-state index in [9.17, 15) is 19.3 Å². The van der Waals surface area contributed by atoms with Gasteiger partial charge in [-0.25, -0.2) is 4.79 Å². The Morgan fingerprint density at radius 1 is 1.42 bits per heavy atom. The monoisotopic (exact) mass is 269 g/mol. The average molecular weight is 269 g/mol. The molecule has 1 aliphatic rings. The molecule has 0 radical (unpaired) electrons. The topological polar surface area (TPSA) is 84.7 Å². The summed E-state index contributed by atoms with van der Waals surface area (Å²) in [5.41, 5.74) is -0.482. The number of anilines is 1. The van der Waals surface area contributed by atoms with Crippen LogP contribution in [0.15, 0.2) is 18.2 Å². The number of ether oxygens (including phenoxy) is 1. The first kappa shape index (κ1) is 13.2. The maximum absolute atomic E-state index is 13.1. The molecule has 1 N–H and O–H groups in total. The smallest absolute Gasteiger partial charge is 0.322 e. The molecule has 0 aliphatic carbocycles. The molecule has 0 unspecified atom stereocenters. The summed E-state index contributed by atoms with van der Waals surface area (Å²) in [7, 11) is 0. The molecule has 0 saturated carbocycles. The van der Waals surface area contributed by atoms with E-state index in [1.54, 1.807) is 0 Å². The molecule has 1 aromatic rings. The van der Waals surface area contributed by atoms with Crippen LogP contribution in [0, 0.1) is 15.9 Å². The van der Waals surface area contributed by atoms with E-state index in [1.807, 2.05) is 0 Å². The van der Waals surface area contributed by atoms with E-state index >= 15 is 0 Å². The first-order chi connectivity index (χ1) is 9.08. The number of rotatable bonds is 2. The number of carbonyl (C=O) groups excluding carboxylic acids is 1. The minimum Gasteiger partial charge on any atom is -0.378 e. The molecular formula is C11H12FN3O4. The lowest BCUT2D eigenvalue weighted by Crippen LogP contribution is -2.43. The van der Waals surface area contributed by atoms with Crippen molar-refractivity contribution in [1.29, 1.82) is 0 Å². The molecular weight excluding hydrogens is 257 g/mol. The Kier molecular flexibility index (Phi) is 3.91. The maximum Gasteiger partial charge on any atom is 0.322 e. The van der Waals surface area contributed by atoms with Crippen LogP contribution < -0.4 is 5.32 Å². The molecule has 2 rings (SSSR count). The van der Waals surface area contributed by atoms with Gasteiger partial charge >= 0.3 is 11.7 Å². The number of hydrogen-bond acceptors (Lipinski definition) is 4.